The van der Waals surface area contributed by atoms with Gasteiger partial charge in [0.1, 0.15) is 0 Å². The van der Waals surface area contributed by atoms with Gasteiger partial charge in [0.15, 0.2) is 6.61 Å². The van der Waals surface area contributed by atoms with E-state index in [-0.39, 0.29) is 18.6 Å². The molecule has 3 aromatic rings. The van der Waals surface area contributed by atoms with Gasteiger partial charge in [-0.05, 0) is 53.3 Å². The van der Waals surface area contributed by atoms with Crippen LogP contribution in [0.2, 0.25) is 0 Å². The van der Waals surface area contributed by atoms with Crippen LogP contribution in [0, 0.1) is 5.92 Å². The van der Waals surface area contributed by atoms with Crippen LogP contribution in [0.1, 0.15) is 48.3 Å². The monoisotopic (exact) mass is 389 g/mol. The highest BCUT2D eigenvalue weighted by Crippen LogP contribution is 2.17. The van der Waals surface area contributed by atoms with Crippen molar-refractivity contribution < 1.29 is 14.3 Å². The third-order valence-corrected chi connectivity index (χ3v) is 4.82. The number of rotatable bonds is 7. The fraction of sp³-hybridized carbons (Fsp3) is 0.280. The maximum absolute atomic E-state index is 12.3. The minimum atomic E-state index is -0.503. The predicted octanol–water partition coefficient (Wildman–Crippen LogP) is 5.07. The van der Waals surface area contributed by atoms with Gasteiger partial charge in [0.05, 0.1) is 11.6 Å². The van der Waals surface area contributed by atoms with E-state index in [1.54, 1.807) is 12.1 Å². The largest absolute Gasteiger partial charge is 0.452 e. The molecule has 0 unspecified atom stereocenters. The first-order chi connectivity index (χ1) is 13.9. The molecule has 0 aromatic heterocycles. The highest BCUT2D eigenvalue weighted by atomic mass is 16.5. The Hall–Kier alpha value is -3.14. The van der Waals surface area contributed by atoms with Crippen LogP contribution < -0.4 is 5.32 Å². The van der Waals surface area contributed by atoms with Crippen molar-refractivity contribution in [1.82, 2.24) is 5.32 Å². The van der Waals surface area contributed by atoms with Gasteiger partial charge in [-0.2, -0.15) is 0 Å². The van der Waals surface area contributed by atoms with Crippen molar-refractivity contribution in [1.29, 1.82) is 0 Å². The number of amides is 1. The zero-order valence-electron chi connectivity index (χ0n) is 17.1. The Bertz CT molecular complexity index is 992. The second kappa shape index (κ2) is 9.37. The highest BCUT2D eigenvalue weighted by molar-refractivity contribution is 5.96. The molecule has 150 valence electrons. The van der Waals surface area contributed by atoms with Gasteiger partial charge in [0, 0.05) is 0 Å². The molecule has 0 saturated heterocycles. The summed E-state index contributed by atoms with van der Waals surface area (Å²) in [4.78, 5) is 24.5. The van der Waals surface area contributed by atoms with Crippen molar-refractivity contribution in [3.05, 3.63) is 83.4 Å². The second-order valence-electron chi connectivity index (χ2n) is 7.77. The molecule has 3 aromatic carbocycles. The molecular formula is C25H27NO3. The van der Waals surface area contributed by atoms with Crippen LogP contribution in [0.15, 0.2) is 66.7 Å². The zero-order valence-corrected chi connectivity index (χ0v) is 17.1. The molecule has 4 nitrogen and oxygen atoms in total. The summed E-state index contributed by atoms with van der Waals surface area (Å²) in [5.41, 5.74) is 2.74. The number of esters is 1. The average Bonchev–Trinajstić information content (AvgIpc) is 2.71. The van der Waals surface area contributed by atoms with Crippen LogP contribution in [-0.2, 0) is 16.0 Å². The number of hydrogen-bond acceptors (Lipinski definition) is 3. The van der Waals surface area contributed by atoms with Crippen LogP contribution in [-0.4, -0.2) is 18.5 Å². The lowest BCUT2D eigenvalue weighted by molar-refractivity contribution is -0.124. The molecule has 0 bridgehead atoms. The van der Waals surface area contributed by atoms with E-state index in [1.807, 2.05) is 49.4 Å². The van der Waals surface area contributed by atoms with Gasteiger partial charge in [0.2, 0.25) is 0 Å². The zero-order chi connectivity index (χ0) is 20.8. The number of nitrogens with one attached hydrogen (secondary N) is 1. The van der Waals surface area contributed by atoms with Crippen molar-refractivity contribution in [2.24, 2.45) is 5.92 Å². The second-order valence-corrected chi connectivity index (χ2v) is 7.77. The summed E-state index contributed by atoms with van der Waals surface area (Å²) in [6.07, 6.45) is 1.03. The lowest BCUT2D eigenvalue weighted by atomic mass is 10.00. The van der Waals surface area contributed by atoms with E-state index in [4.69, 9.17) is 4.74 Å². The third-order valence-electron chi connectivity index (χ3n) is 4.82. The molecule has 1 N–H and O–H groups in total. The molecule has 0 saturated carbocycles. The molecular weight excluding hydrogens is 362 g/mol. The molecule has 0 aliphatic heterocycles. The topological polar surface area (TPSA) is 55.4 Å². The maximum Gasteiger partial charge on any atom is 0.338 e. The van der Waals surface area contributed by atoms with Crippen molar-refractivity contribution in [2.45, 2.75) is 33.2 Å². The minimum Gasteiger partial charge on any atom is -0.452 e. The molecule has 1 atom stereocenters. The molecule has 4 heteroatoms. The van der Waals surface area contributed by atoms with Gasteiger partial charge in [-0.15, -0.1) is 0 Å². The van der Waals surface area contributed by atoms with Crippen LogP contribution in [0.5, 0.6) is 0 Å². The van der Waals surface area contributed by atoms with E-state index >= 15 is 0 Å². The summed E-state index contributed by atoms with van der Waals surface area (Å²) in [5.74, 6) is -0.218. The number of fused-ring (bicyclic) bond motifs is 1. The molecule has 0 radical (unpaired) electrons. The summed E-state index contributed by atoms with van der Waals surface area (Å²) in [5, 5.41) is 4.89. The van der Waals surface area contributed by atoms with Crippen LogP contribution in [0.25, 0.3) is 10.8 Å². The molecule has 0 spiro atoms. The van der Waals surface area contributed by atoms with Gasteiger partial charge >= 0.3 is 5.97 Å². The van der Waals surface area contributed by atoms with Crippen molar-refractivity contribution in [2.75, 3.05) is 6.61 Å². The third kappa shape index (κ3) is 5.67. The smallest absolute Gasteiger partial charge is 0.338 e. The van der Waals surface area contributed by atoms with Crippen molar-refractivity contribution in [3.63, 3.8) is 0 Å². The summed E-state index contributed by atoms with van der Waals surface area (Å²) in [7, 11) is 0. The Labute approximate surface area is 171 Å². The lowest BCUT2D eigenvalue weighted by Crippen LogP contribution is -2.31. The minimum absolute atomic E-state index is 0.157. The Morgan fingerprint density at radius 1 is 0.897 bits per heavy atom. The van der Waals surface area contributed by atoms with Crippen molar-refractivity contribution >= 4 is 22.6 Å². The van der Waals surface area contributed by atoms with E-state index in [2.05, 4.69) is 31.3 Å². The summed E-state index contributed by atoms with van der Waals surface area (Å²) < 4.78 is 5.19. The molecule has 29 heavy (non-hydrogen) atoms. The maximum atomic E-state index is 12.3. The van der Waals surface area contributed by atoms with Gasteiger partial charge in [-0.25, -0.2) is 4.79 Å². The van der Waals surface area contributed by atoms with Crippen LogP contribution >= 0.6 is 0 Å². The summed E-state index contributed by atoms with van der Waals surface area (Å²) in [6, 6.07) is 21.2. The summed E-state index contributed by atoms with van der Waals surface area (Å²) in [6.45, 7) is 5.99. The Balaban J connectivity index is 1.52. The molecule has 0 aliphatic rings. The van der Waals surface area contributed by atoms with Crippen LogP contribution in [0.4, 0.5) is 0 Å². The molecule has 0 heterocycles. The normalized spacial score (nSPS) is 12.0. The molecule has 0 fully saturated rings. The average molecular weight is 389 g/mol. The lowest BCUT2D eigenvalue weighted by Gasteiger charge is -2.15. The van der Waals surface area contributed by atoms with E-state index in [9.17, 15) is 9.59 Å². The Morgan fingerprint density at radius 3 is 2.28 bits per heavy atom. The fourth-order valence-electron chi connectivity index (χ4n) is 3.31. The number of hydrogen-bond donors (Lipinski definition) is 1. The van der Waals surface area contributed by atoms with Gasteiger partial charge in [-0.1, -0.05) is 68.4 Å². The van der Waals surface area contributed by atoms with Crippen molar-refractivity contribution in [3.8, 4) is 0 Å². The fourth-order valence-corrected chi connectivity index (χ4v) is 3.31. The quantitative estimate of drug-likeness (QED) is 0.574. The first-order valence-electron chi connectivity index (χ1n) is 9.96. The van der Waals surface area contributed by atoms with Crippen LogP contribution in [0.3, 0.4) is 0 Å². The number of ether oxygens (including phenoxy) is 1. The predicted molar refractivity (Wildman–Crippen MR) is 116 cm³/mol. The first kappa shape index (κ1) is 20.6. The molecule has 0 aliphatic carbocycles. The van der Waals surface area contributed by atoms with Gasteiger partial charge < -0.3 is 10.1 Å². The standard InChI is InChI=1S/C25H27NO3/c1-17(2)14-19-8-10-20(11-9-19)18(3)26-24(27)16-29-25(28)23-13-12-21-6-4-5-7-22(21)15-23/h4-13,15,17-18H,14,16H2,1-3H3,(H,26,27)/t18-/m0/s1. The van der Waals surface area contributed by atoms with E-state index in [0.717, 1.165) is 22.8 Å². The van der Waals surface area contributed by atoms with E-state index in [0.29, 0.717) is 11.5 Å². The van der Waals surface area contributed by atoms with E-state index < -0.39 is 5.97 Å². The SMILES string of the molecule is CC(C)Cc1ccc([C@H](C)NC(=O)COC(=O)c2ccc3ccccc3c2)cc1. The summed E-state index contributed by atoms with van der Waals surface area (Å²) >= 11 is 0. The first-order valence-corrected chi connectivity index (χ1v) is 9.96. The number of carbonyl (C=O) groups excluding carboxylic acids is 2. The molecule has 3 rings (SSSR count). The van der Waals surface area contributed by atoms with Gasteiger partial charge in [0.25, 0.3) is 5.91 Å². The Morgan fingerprint density at radius 2 is 1.59 bits per heavy atom. The Kier molecular flexibility index (Phi) is 6.65. The van der Waals surface area contributed by atoms with Gasteiger partial charge in [-0.3, -0.25) is 4.79 Å². The molecule has 1 amide bonds. The number of benzene rings is 3. The van der Waals surface area contributed by atoms with E-state index in [1.165, 1.54) is 5.56 Å². The number of carbonyl (C=O) groups is 2. The highest BCUT2D eigenvalue weighted by Gasteiger charge is 2.14.